The molecule has 1 saturated heterocycles. The lowest BCUT2D eigenvalue weighted by molar-refractivity contribution is -0.181. The lowest BCUT2D eigenvalue weighted by atomic mass is 9.96. The Balaban J connectivity index is 2.34. The highest BCUT2D eigenvalue weighted by atomic mass is 28.4. The van der Waals surface area contributed by atoms with E-state index in [1.807, 2.05) is 38.1 Å². The van der Waals surface area contributed by atoms with Crippen LogP contribution in [-0.4, -0.2) is 91.9 Å². The Hall–Kier alpha value is -1.67. The second-order valence-electron chi connectivity index (χ2n) is 13.3. The molecule has 1 fully saturated rings. The lowest BCUT2D eigenvalue weighted by Gasteiger charge is -2.41. The SMILES string of the molecule is C=C(C)C(=O)[C@@H]1OC(C)(C)O[C@@H]1C[C@H](C[C@@H](OCOC)[C@@H](COCc1ccc(OC)cc1)OCOC)O[Si](C)(C)C(C)(C)C. The second-order valence-corrected chi connectivity index (χ2v) is 18.1. The maximum absolute atomic E-state index is 13.1. The van der Waals surface area contributed by atoms with Crippen molar-refractivity contribution in [3.63, 3.8) is 0 Å². The predicted molar refractivity (Wildman–Crippen MR) is 171 cm³/mol. The minimum atomic E-state index is -2.27. The van der Waals surface area contributed by atoms with Crippen LogP contribution in [0.25, 0.3) is 0 Å². The van der Waals surface area contributed by atoms with Gasteiger partial charge in [-0.2, -0.15) is 0 Å². The van der Waals surface area contributed by atoms with Gasteiger partial charge in [-0.3, -0.25) is 4.79 Å². The zero-order valence-corrected chi connectivity index (χ0v) is 29.7. The molecule has 252 valence electrons. The summed E-state index contributed by atoms with van der Waals surface area (Å²) in [6.07, 6.45) is -1.80. The number of carbonyl (C=O) groups is 1. The van der Waals surface area contributed by atoms with Crippen molar-refractivity contribution in [3.8, 4) is 5.75 Å². The van der Waals surface area contributed by atoms with E-state index in [0.717, 1.165) is 11.3 Å². The first-order valence-electron chi connectivity index (χ1n) is 15.2. The van der Waals surface area contributed by atoms with Crippen molar-refractivity contribution in [1.29, 1.82) is 0 Å². The summed E-state index contributed by atoms with van der Waals surface area (Å²) >= 11 is 0. The van der Waals surface area contributed by atoms with Gasteiger partial charge in [0, 0.05) is 27.1 Å². The minimum absolute atomic E-state index is 0.0512. The Labute approximate surface area is 265 Å². The molecule has 10 nitrogen and oxygen atoms in total. The molecule has 1 heterocycles. The molecule has 0 aromatic heterocycles. The third-order valence-electron chi connectivity index (χ3n) is 8.05. The average molecular weight is 641 g/mol. The molecule has 11 heteroatoms. The molecule has 0 amide bonds. The Morgan fingerprint density at radius 3 is 2.11 bits per heavy atom. The van der Waals surface area contributed by atoms with Crippen molar-refractivity contribution in [3.05, 3.63) is 42.0 Å². The highest BCUT2D eigenvalue weighted by Gasteiger charge is 2.48. The molecule has 0 spiro atoms. The monoisotopic (exact) mass is 640 g/mol. The largest absolute Gasteiger partial charge is 0.497 e. The van der Waals surface area contributed by atoms with Crippen molar-refractivity contribution in [2.75, 3.05) is 41.5 Å². The maximum Gasteiger partial charge on any atom is 0.192 e. The Bertz CT molecular complexity index is 1020. The van der Waals surface area contributed by atoms with E-state index in [9.17, 15) is 4.79 Å². The van der Waals surface area contributed by atoms with Crippen LogP contribution in [0.5, 0.6) is 5.75 Å². The van der Waals surface area contributed by atoms with E-state index in [-0.39, 0.29) is 37.1 Å². The third-order valence-corrected chi connectivity index (χ3v) is 12.6. The summed E-state index contributed by atoms with van der Waals surface area (Å²) in [5, 5.41) is -0.0548. The molecule has 0 aliphatic carbocycles. The Morgan fingerprint density at radius 1 is 1.00 bits per heavy atom. The molecule has 1 aliphatic rings. The summed E-state index contributed by atoms with van der Waals surface area (Å²) in [6, 6.07) is 7.71. The molecule has 0 unspecified atom stereocenters. The lowest BCUT2D eigenvalue weighted by Crippen LogP contribution is -2.48. The molecule has 44 heavy (non-hydrogen) atoms. The third kappa shape index (κ3) is 11.9. The number of rotatable bonds is 20. The van der Waals surface area contributed by atoms with Gasteiger partial charge in [0.1, 0.15) is 31.5 Å². The number of hydrogen-bond donors (Lipinski definition) is 0. The quantitative estimate of drug-likeness (QED) is 0.0955. The molecule has 5 atom stereocenters. The van der Waals surface area contributed by atoms with Crippen LogP contribution in [0, 0.1) is 0 Å². The van der Waals surface area contributed by atoms with E-state index in [1.165, 1.54) is 0 Å². The molecule has 0 bridgehead atoms. The summed E-state index contributed by atoms with van der Waals surface area (Å²) in [6.45, 7) is 20.9. The smallest absolute Gasteiger partial charge is 0.192 e. The van der Waals surface area contributed by atoms with Crippen LogP contribution in [0.2, 0.25) is 18.1 Å². The Morgan fingerprint density at radius 2 is 1.59 bits per heavy atom. The zero-order chi connectivity index (χ0) is 33.1. The molecule has 0 N–H and O–H groups in total. The fraction of sp³-hybridized carbons (Fsp3) is 0.727. The molecule has 1 aromatic carbocycles. The van der Waals surface area contributed by atoms with Crippen LogP contribution >= 0.6 is 0 Å². The van der Waals surface area contributed by atoms with Crippen molar-refractivity contribution < 1.29 is 47.1 Å². The van der Waals surface area contributed by atoms with Gasteiger partial charge < -0.3 is 42.3 Å². The molecule has 1 aliphatic heterocycles. The van der Waals surface area contributed by atoms with E-state index < -0.39 is 38.5 Å². The fourth-order valence-electron chi connectivity index (χ4n) is 4.69. The summed E-state index contributed by atoms with van der Waals surface area (Å²) in [7, 11) is 2.51. The van der Waals surface area contributed by atoms with E-state index in [0.29, 0.717) is 25.0 Å². The number of carbonyl (C=O) groups excluding carboxylic acids is 1. The van der Waals surface area contributed by atoms with E-state index in [1.54, 1.807) is 28.3 Å². The van der Waals surface area contributed by atoms with E-state index >= 15 is 0 Å². The molecule has 1 aromatic rings. The Kier molecular flexibility index (Phi) is 15.1. The van der Waals surface area contributed by atoms with Crippen molar-refractivity contribution in [1.82, 2.24) is 0 Å². The van der Waals surface area contributed by atoms with Gasteiger partial charge in [-0.1, -0.05) is 39.5 Å². The van der Waals surface area contributed by atoms with Crippen LogP contribution in [-0.2, 0) is 49.0 Å². The standard InChI is InChI=1S/C33H56O10Si/c1-23(2)30(34)31-28(41-33(6,7)42-31)18-26(43-44(11,12)32(3,4)5)17-27(39-21-35-8)29(40-22-36-9)20-38-19-24-13-15-25(37-10)16-14-24/h13-16,26-29,31H,1,17-22H2,2-12H3/t26-,27+,28+,29+,31+/m0/s1. The van der Waals surface area contributed by atoms with Crippen molar-refractivity contribution in [2.45, 2.75) is 115 Å². The van der Waals surface area contributed by atoms with E-state index in [2.05, 4.69) is 40.4 Å². The fourth-order valence-corrected chi connectivity index (χ4v) is 6.07. The highest BCUT2D eigenvalue weighted by molar-refractivity contribution is 6.74. The van der Waals surface area contributed by atoms with Crippen LogP contribution < -0.4 is 4.74 Å². The van der Waals surface area contributed by atoms with Crippen molar-refractivity contribution in [2.24, 2.45) is 0 Å². The normalized spacial score (nSPS) is 20.7. The predicted octanol–water partition coefficient (Wildman–Crippen LogP) is 6.03. The second kappa shape index (κ2) is 17.3. The van der Waals surface area contributed by atoms with Gasteiger partial charge in [-0.05, 0) is 62.2 Å². The number of hydrogen-bond acceptors (Lipinski definition) is 10. The number of Topliss-reactive ketones (excluding diaryl/α,β-unsaturated/α-hetero) is 1. The highest BCUT2D eigenvalue weighted by Crippen LogP contribution is 2.40. The summed E-state index contributed by atoms with van der Waals surface area (Å²) < 4.78 is 53.6. The van der Waals surface area contributed by atoms with Crippen LogP contribution in [0.3, 0.4) is 0 Å². The topological polar surface area (TPSA) is 100 Å². The van der Waals surface area contributed by atoms with E-state index in [4.69, 9.17) is 42.3 Å². The number of ether oxygens (including phenoxy) is 8. The first-order valence-corrected chi connectivity index (χ1v) is 18.1. The van der Waals surface area contributed by atoms with Gasteiger partial charge in [-0.15, -0.1) is 0 Å². The van der Waals surface area contributed by atoms with Gasteiger partial charge in [0.15, 0.2) is 19.9 Å². The zero-order valence-electron chi connectivity index (χ0n) is 28.7. The van der Waals surface area contributed by atoms with Gasteiger partial charge in [0.25, 0.3) is 0 Å². The molecule has 0 radical (unpaired) electrons. The number of benzene rings is 1. The number of ketones is 1. The first-order chi connectivity index (χ1) is 20.5. The molecule has 0 saturated carbocycles. The average Bonchev–Trinajstić information content (AvgIpc) is 3.25. The van der Waals surface area contributed by atoms with Crippen LogP contribution in [0.4, 0.5) is 0 Å². The van der Waals surface area contributed by atoms with Crippen LogP contribution in [0.1, 0.15) is 59.9 Å². The first kappa shape index (κ1) is 38.5. The maximum atomic E-state index is 13.1. The van der Waals surface area contributed by atoms with Gasteiger partial charge in [0.2, 0.25) is 0 Å². The van der Waals surface area contributed by atoms with Gasteiger partial charge in [0.05, 0.1) is 38.6 Å². The minimum Gasteiger partial charge on any atom is -0.497 e. The molecule has 2 rings (SSSR count). The summed E-state index contributed by atoms with van der Waals surface area (Å²) in [5.41, 5.74) is 1.42. The molecular formula is C33H56O10Si. The molecular weight excluding hydrogens is 584 g/mol. The summed E-state index contributed by atoms with van der Waals surface area (Å²) in [4.78, 5) is 13.1. The summed E-state index contributed by atoms with van der Waals surface area (Å²) in [5.74, 6) is -0.317. The van der Waals surface area contributed by atoms with Gasteiger partial charge >= 0.3 is 0 Å². The van der Waals surface area contributed by atoms with Crippen LogP contribution in [0.15, 0.2) is 36.4 Å². The van der Waals surface area contributed by atoms with Gasteiger partial charge in [-0.25, -0.2) is 0 Å². The van der Waals surface area contributed by atoms with Crippen molar-refractivity contribution >= 4 is 14.1 Å². The number of methoxy groups -OCH3 is 3.